The maximum absolute atomic E-state index is 11.7. The summed E-state index contributed by atoms with van der Waals surface area (Å²) < 4.78 is 9.79. The van der Waals surface area contributed by atoms with Gasteiger partial charge in [-0.15, -0.1) is 0 Å². The lowest BCUT2D eigenvalue weighted by molar-refractivity contribution is 0.0736. The van der Waals surface area contributed by atoms with Crippen molar-refractivity contribution in [2.45, 2.75) is 0 Å². The van der Waals surface area contributed by atoms with E-state index in [4.69, 9.17) is 10.5 Å². The van der Waals surface area contributed by atoms with E-state index in [0.29, 0.717) is 16.3 Å². The van der Waals surface area contributed by atoms with Gasteiger partial charge in [-0.1, -0.05) is 22.0 Å². The third kappa shape index (κ3) is 2.40. The van der Waals surface area contributed by atoms with Crippen molar-refractivity contribution in [2.24, 2.45) is 0 Å². The largest absolute Gasteiger partial charge is 0.423 e. The van der Waals surface area contributed by atoms with Crippen LogP contribution in [0.15, 0.2) is 34.9 Å². The molecule has 0 aliphatic carbocycles. The molecular weight excluding hydrogens is 292 g/mol. The van der Waals surface area contributed by atoms with Crippen molar-refractivity contribution in [1.29, 1.82) is 0 Å². The van der Waals surface area contributed by atoms with E-state index < -0.39 is 5.97 Å². The minimum Gasteiger partial charge on any atom is -0.423 e. The first-order valence-corrected chi connectivity index (χ1v) is 5.91. The number of hydrogen-bond acceptors (Lipinski definition) is 5. The van der Waals surface area contributed by atoms with Crippen LogP contribution in [0.3, 0.4) is 0 Å². The first kappa shape index (κ1) is 11.1. The van der Waals surface area contributed by atoms with Crippen molar-refractivity contribution in [1.82, 2.24) is 4.37 Å². The molecule has 0 bridgehead atoms. The number of rotatable bonds is 2. The minimum atomic E-state index is -0.496. The van der Waals surface area contributed by atoms with Gasteiger partial charge in [0, 0.05) is 4.47 Å². The van der Waals surface area contributed by atoms with E-state index >= 15 is 0 Å². The van der Waals surface area contributed by atoms with Gasteiger partial charge < -0.3 is 10.5 Å². The summed E-state index contributed by atoms with van der Waals surface area (Å²) in [4.78, 5) is 11.7. The van der Waals surface area contributed by atoms with Crippen molar-refractivity contribution < 1.29 is 9.53 Å². The molecule has 0 aliphatic heterocycles. The number of carbonyl (C=O) groups excluding carboxylic acids is 1. The zero-order valence-corrected chi connectivity index (χ0v) is 10.4. The van der Waals surface area contributed by atoms with Crippen LogP contribution in [-0.4, -0.2) is 10.3 Å². The smallest absolute Gasteiger partial charge is 0.348 e. The number of nitrogens with two attached hydrogens (primary N) is 1. The number of ether oxygens (including phenoxy) is 1. The quantitative estimate of drug-likeness (QED) is 0.684. The van der Waals surface area contributed by atoms with Gasteiger partial charge in [-0.25, -0.2) is 4.79 Å². The molecule has 0 aliphatic rings. The molecular formula is C10H7BrN2O2S. The Morgan fingerprint density at radius 2 is 2.31 bits per heavy atom. The Morgan fingerprint density at radius 1 is 1.50 bits per heavy atom. The van der Waals surface area contributed by atoms with Crippen LogP contribution >= 0.6 is 27.5 Å². The van der Waals surface area contributed by atoms with Gasteiger partial charge in [-0.3, -0.25) is 0 Å². The third-order valence-corrected chi connectivity index (χ3v) is 2.95. The summed E-state index contributed by atoms with van der Waals surface area (Å²) in [6.45, 7) is 0. The Bertz CT molecular complexity index is 527. The van der Waals surface area contributed by atoms with E-state index in [-0.39, 0.29) is 0 Å². The Hall–Kier alpha value is -1.40. The predicted molar refractivity (Wildman–Crippen MR) is 65.6 cm³/mol. The van der Waals surface area contributed by atoms with Gasteiger partial charge in [0.2, 0.25) is 0 Å². The molecule has 6 heteroatoms. The van der Waals surface area contributed by atoms with E-state index in [0.717, 1.165) is 16.0 Å². The van der Waals surface area contributed by atoms with Crippen molar-refractivity contribution in [3.63, 3.8) is 0 Å². The summed E-state index contributed by atoms with van der Waals surface area (Å²) in [5.74, 6) is -0.0330. The van der Waals surface area contributed by atoms with E-state index in [1.54, 1.807) is 18.2 Å². The van der Waals surface area contributed by atoms with Gasteiger partial charge in [0.15, 0.2) is 0 Å². The van der Waals surface area contributed by atoms with Crippen LogP contribution < -0.4 is 10.5 Å². The normalized spacial score (nSPS) is 10.1. The highest BCUT2D eigenvalue weighted by Gasteiger charge is 2.14. The number of halogens is 1. The highest BCUT2D eigenvalue weighted by atomic mass is 79.9. The zero-order chi connectivity index (χ0) is 11.5. The molecule has 0 amide bonds. The number of anilines is 1. The number of aromatic nitrogens is 1. The van der Waals surface area contributed by atoms with Crippen molar-refractivity contribution >= 4 is 38.4 Å². The Labute approximate surface area is 104 Å². The van der Waals surface area contributed by atoms with Gasteiger partial charge in [0.1, 0.15) is 16.3 Å². The predicted octanol–water partition coefficient (Wildman–Crippen LogP) is 2.71. The molecule has 1 aromatic heterocycles. The van der Waals surface area contributed by atoms with Crippen molar-refractivity contribution in [2.75, 3.05) is 5.73 Å². The fraction of sp³-hybridized carbons (Fsp3) is 0. The van der Waals surface area contributed by atoms with Gasteiger partial charge in [-0.05, 0) is 29.7 Å². The molecule has 1 aromatic carbocycles. The number of nitrogens with zero attached hydrogens (tertiary/aromatic N) is 1. The molecule has 0 spiro atoms. The topological polar surface area (TPSA) is 65.2 Å². The molecule has 16 heavy (non-hydrogen) atoms. The third-order valence-electron chi connectivity index (χ3n) is 1.82. The lowest BCUT2D eigenvalue weighted by Gasteiger charge is -2.03. The van der Waals surface area contributed by atoms with Crippen LogP contribution in [0.2, 0.25) is 0 Å². The van der Waals surface area contributed by atoms with Crippen molar-refractivity contribution in [3.05, 3.63) is 40.5 Å². The molecule has 4 nitrogen and oxygen atoms in total. The first-order valence-electron chi connectivity index (χ1n) is 4.34. The van der Waals surface area contributed by atoms with Crippen LogP contribution in [0.25, 0.3) is 0 Å². The number of nitrogen functional groups attached to an aromatic ring is 1. The van der Waals surface area contributed by atoms with Gasteiger partial charge >= 0.3 is 5.97 Å². The van der Waals surface area contributed by atoms with Crippen LogP contribution in [0.5, 0.6) is 5.75 Å². The molecule has 1 heterocycles. The molecule has 2 rings (SSSR count). The van der Waals surface area contributed by atoms with Crippen LogP contribution in [-0.2, 0) is 0 Å². The summed E-state index contributed by atoms with van der Waals surface area (Å²) in [5.41, 5.74) is 5.87. The molecule has 0 fully saturated rings. The maximum atomic E-state index is 11.7. The lowest BCUT2D eigenvalue weighted by Crippen LogP contribution is -2.09. The summed E-state index contributed by atoms with van der Waals surface area (Å²) in [6.07, 6.45) is 1.40. The summed E-state index contributed by atoms with van der Waals surface area (Å²) in [7, 11) is 0. The minimum absolute atomic E-state index is 0.296. The van der Waals surface area contributed by atoms with Gasteiger partial charge in [0.25, 0.3) is 0 Å². The molecule has 82 valence electrons. The molecule has 0 saturated heterocycles. The van der Waals surface area contributed by atoms with Crippen LogP contribution in [0.4, 0.5) is 5.00 Å². The molecule has 0 unspecified atom stereocenters. The Kier molecular flexibility index (Phi) is 3.21. The van der Waals surface area contributed by atoms with Crippen molar-refractivity contribution in [3.8, 4) is 5.75 Å². The zero-order valence-electron chi connectivity index (χ0n) is 8.01. The first-order chi connectivity index (χ1) is 7.66. The van der Waals surface area contributed by atoms with E-state index in [2.05, 4.69) is 20.3 Å². The number of esters is 1. The van der Waals surface area contributed by atoms with E-state index in [9.17, 15) is 4.79 Å². The molecule has 2 N–H and O–H groups in total. The second-order valence-corrected chi connectivity index (χ2v) is 4.70. The Morgan fingerprint density at radius 3 is 2.94 bits per heavy atom. The number of benzene rings is 1. The second kappa shape index (κ2) is 4.63. The van der Waals surface area contributed by atoms with Crippen LogP contribution in [0, 0.1) is 0 Å². The standard InChI is InChI=1S/C10H7BrN2O2S/c11-6-2-1-3-7(4-6)15-10(14)8-5-13-16-9(8)12/h1-5H,12H2. The summed E-state index contributed by atoms with van der Waals surface area (Å²) >= 11 is 4.35. The average molecular weight is 299 g/mol. The highest BCUT2D eigenvalue weighted by Crippen LogP contribution is 2.21. The highest BCUT2D eigenvalue weighted by molar-refractivity contribution is 9.10. The van der Waals surface area contributed by atoms with Gasteiger partial charge in [-0.2, -0.15) is 4.37 Å². The van der Waals surface area contributed by atoms with Crippen LogP contribution in [0.1, 0.15) is 10.4 Å². The molecule has 0 saturated carbocycles. The second-order valence-electron chi connectivity index (χ2n) is 2.95. The number of hydrogen-bond donors (Lipinski definition) is 1. The van der Waals surface area contributed by atoms with E-state index in [1.165, 1.54) is 6.20 Å². The molecule has 0 atom stereocenters. The Balaban J connectivity index is 2.17. The fourth-order valence-corrected chi connectivity index (χ4v) is 1.98. The maximum Gasteiger partial charge on any atom is 0.348 e. The monoisotopic (exact) mass is 298 g/mol. The average Bonchev–Trinajstić information content (AvgIpc) is 2.64. The molecule has 0 radical (unpaired) electrons. The SMILES string of the molecule is Nc1sncc1C(=O)Oc1cccc(Br)c1. The van der Waals surface area contributed by atoms with E-state index in [1.807, 2.05) is 6.07 Å². The molecule has 2 aromatic rings. The number of carbonyl (C=O) groups is 1. The summed E-state index contributed by atoms with van der Waals surface area (Å²) in [5, 5.41) is 0.361. The fourth-order valence-electron chi connectivity index (χ4n) is 1.09. The lowest BCUT2D eigenvalue weighted by atomic mass is 10.3. The van der Waals surface area contributed by atoms with Gasteiger partial charge in [0.05, 0.1) is 6.20 Å². The summed E-state index contributed by atoms with van der Waals surface area (Å²) in [6, 6.07) is 7.02.